The Labute approximate surface area is 177 Å². The number of rotatable bonds is 8. The first-order valence-corrected chi connectivity index (χ1v) is 9.17. The highest BCUT2D eigenvalue weighted by Gasteiger charge is 2.22. The van der Waals surface area contributed by atoms with Crippen molar-refractivity contribution in [1.29, 1.82) is 0 Å². The van der Waals surface area contributed by atoms with E-state index in [1.165, 1.54) is 18.4 Å². The number of halogens is 1. The lowest BCUT2D eigenvalue weighted by Gasteiger charge is -2.13. The van der Waals surface area contributed by atoms with Crippen molar-refractivity contribution in [2.45, 2.75) is 46.7 Å². The van der Waals surface area contributed by atoms with Crippen LogP contribution in [0.1, 0.15) is 42.6 Å². The van der Waals surface area contributed by atoms with Crippen molar-refractivity contribution < 1.29 is 9.26 Å². The third-order valence-corrected chi connectivity index (χ3v) is 4.13. The van der Waals surface area contributed by atoms with E-state index in [0.29, 0.717) is 30.8 Å². The van der Waals surface area contributed by atoms with Crippen LogP contribution in [0.3, 0.4) is 0 Å². The summed E-state index contributed by atoms with van der Waals surface area (Å²) in [4.78, 5) is 8.86. The molecular weight excluding hydrogens is 457 g/mol. The molecule has 1 aromatic carbocycles. The number of ether oxygens (including phenoxy) is 1. The van der Waals surface area contributed by atoms with Crippen LogP contribution in [0.2, 0.25) is 0 Å². The van der Waals surface area contributed by atoms with Crippen molar-refractivity contribution in [2.75, 3.05) is 13.2 Å². The standard InChI is InChI=1S/C19H27N5O2.HI/c1-4-20-19(22-11-18-23-14(3)26-24-18)21-10-16-8-5-13(2)9-17(16)25-12-15-6-7-15;/h5,8-9,15H,4,6-7,10-12H2,1-3H3,(H2,20,21,22);1H. The van der Waals surface area contributed by atoms with Crippen LogP contribution in [-0.2, 0) is 13.1 Å². The fourth-order valence-electron chi connectivity index (χ4n) is 2.50. The molecule has 1 aliphatic rings. The highest BCUT2D eigenvalue weighted by Crippen LogP contribution is 2.30. The van der Waals surface area contributed by atoms with E-state index in [0.717, 1.165) is 30.4 Å². The number of hydrogen-bond donors (Lipinski definition) is 2. The van der Waals surface area contributed by atoms with E-state index in [9.17, 15) is 0 Å². The van der Waals surface area contributed by atoms with Crippen molar-refractivity contribution in [3.8, 4) is 5.75 Å². The van der Waals surface area contributed by atoms with E-state index in [4.69, 9.17) is 9.26 Å². The Morgan fingerprint density at radius 3 is 2.78 bits per heavy atom. The number of aromatic nitrogens is 2. The van der Waals surface area contributed by atoms with E-state index in [1.807, 2.05) is 6.92 Å². The van der Waals surface area contributed by atoms with Crippen LogP contribution in [0.15, 0.2) is 27.7 Å². The summed E-state index contributed by atoms with van der Waals surface area (Å²) in [6, 6.07) is 6.28. The van der Waals surface area contributed by atoms with E-state index >= 15 is 0 Å². The van der Waals surface area contributed by atoms with E-state index in [-0.39, 0.29) is 24.0 Å². The number of hydrogen-bond acceptors (Lipinski definition) is 5. The van der Waals surface area contributed by atoms with Crippen LogP contribution in [0.5, 0.6) is 5.75 Å². The molecule has 1 fully saturated rings. The molecule has 1 heterocycles. The molecule has 0 amide bonds. The van der Waals surface area contributed by atoms with Gasteiger partial charge >= 0.3 is 0 Å². The molecule has 0 radical (unpaired) electrons. The monoisotopic (exact) mass is 485 g/mol. The first kappa shape index (κ1) is 21.5. The number of guanidine groups is 1. The van der Waals surface area contributed by atoms with Gasteiger partial charge in [-0.1, -0.05) is 17.3 Å². The van der Waals surface area contributed by atoms with Crippen molar-refractivity contribution in [3.63, 3.8) is 0 Å². The predicted molar refractivity (Wildman–Crippen MR) is 116 cm³/mol. The Bertz CT molecular complexity index is 758. The van der Waals surface area contributed by atoms with Crippen LogP contribution in [0.4, 0.5) is 0 Å². The third kappa shape index (κ3) is 7.00. The van der Waals surface area contributed by atoms with E-state index in [1.54, 1.807) is 6.92 Å². The quantitative estimate of drug-likeness (QED) is 0.339. The SMILES string of the molecule is CCNC(=NCc1ccc(C)cc1OCC1CC1)NCc1noc(C)n1.I. The average Bonchev–Trinajstić information content (AvgIpc) is 3.37. The van der Waals surface area contributed by atoms with Crippen molar-refractivity contribution in [1.82, 2.24) is 20.8 Å². The van der Waals surface area contributed by atoms with Crippen molar-refractivity contribution >= 4 is 29.9 Å². The smallest absolute Gasteiger partial charge is 0.223 e. The van der Waals surface area contributed by atoms with Gasteiger partial charge in [-0.25, -0.2) is 4.99 Å². The Hall–Kier alpha value is -1.84. The van der Waals surface area contributed by atoms with Crippen LogP contribution in [-0.4, -0.2) is 29.3 Å². The molecule has 0 spiro atoms. The van der Waals surface area contributed by atoms with Gasteiger partial charge < -0.3 is 19.9 Å². The summed E-state index contributed by atoms with van der Waals surface area (Å²) in [7, 11) is 0. The summed E-state index contributed by atoms with van der Waals surface area (Å²) in [6.07, 6.45) is 2.56. The Kier molecular flexibility index (Phi) is 8.33. The van der Waals surface area contributed by atoms with E-state index < -0.39 is 0 Å². The van der Waals surface area contributed by atoms with Gasteiger partial charge in [-0.15, -0.1) is 24.0 Å². The van der Waals surface area contributed by atoms with Gasteiger partial charge in [0.25, 0.3) is 0 Å². The lowest BCUT2D eigenvalue weighted by atomic mass is 10.1. The first-order chi connectivity index (χ1) is 12.6. The van der Waals surface area contributed by atoms with Gasteiger partial charge in [-0.2, -0.15) is 4.98 Å². The normalized spacial score (nSPS) is 13.8. The molecule has 27 heavy (non-hydrogen) atoms. The van der Waals surface area contributed by atoms with Crippen molar-refractivity contribution in [2.24, 2.45) is 10.9 Å². The maximum atomic E-state index is 6.02. The largest absolute Gasteiger partial charge is 0.493 e. The number of aryl methyl sites for hydroxylation is 2. The molecule has 8 heteroatoms. The molecule has 7 nitrogen and oxygen atoms in total. The minimum absolute atomic E-state index is 0. The zero-order valence-electron chi connectivity index (χ0n) is 16.1. The summed E-state index contributed by atoms with van der Waals surface area (Å²) in [5.74, 6) is 3.54. The van der Waals surface area contributed by atoms with Gasteiger partial charge in [-0.3, -0.25) is 0 Å². The molecule has 148 valence electrons. The molecule has 1 aliphatic carbocycles. The van der Waals surface area contributed by atoms with Crippen molar-refractivity contribution in [3.05, 3.63) is 41.0 Å². The topological polar surface area (TPSA) is 84.6 Å². The first-order valence-electron chi connectivity index (χ1n) is 9.17. The molecule has 0 aliphatic heterocycles. The second-order valence-electron chi connectivity index (χ2n) is 6.64. The van der Waals surface area contributed by atoms with Gasteiger partial charge in [0.1, 0.15) is 5.75 Å². The summed E-state index contributed by atoms with van der Waals surface area (Å²) in [6.45, 7) is 8.46. The number of nitrogens with one attached hydrogen (secondary N) is 2. The molecule has 0 saturated heterocycles. The lowest BCUT2D eigenvalue weighted by molar-refractivity contribution is 0.296. The maximum absolute atomic E-state index is 6.02. The summed E-state index contributed by atoms with van der Waals surface area (Å²) >= 11 is 0. The third-order valence-electron chi connectivity index (χ3n) is 4.13. The minimum atomic E-state index is 0. The van der Waals surface area contributed by atoms with Crippen LogP contribution in [0, 0.1) is 19.8 Å². The molecule has 0 bridgehead atoms. The van der Waals surface area contributed by atoms with Gasteiger partial charge in [0, 0.05) is 19.0 Å². The Morgan fingerprint density at radius 2 is 2.11 bits per heavy atom. The van der Waals surface area contributed by atoms with Crippen LogP contribution in [0.25, 0.3) is 0 Å². The number of nitrogens with zero attached hydrogens (tertiary/aromatic N) is 3. The molecule has 2 aromatic rings. The zero-order valence-corrected chi connectivity index (χ0v) is 18.4. The van der Waals surface area contributed by atoms with Crippen LogP contribution >= 0.6 is 24.0 Å². The number of aliphatic imine (C=N–C) groups is 1. The molecule has 0 atom stereocenters. The average molecular weight is 485 g/mol. The second kappa shape index (κ2) is 10.5. The van der Waals surface area contributed by atoms with Gasteiger partial charge in [-0.05, 0) is 44.2 Å². The Balaban J connectivity index is 0.00000261. The van der Waals surface area contributed by atoms with E-state index in [2.05, 4.69) is 50.9 Å². The van der Waals surface area contributed by atoms with Gasteiger partial charge in [0.05, 0.1) is 19.7 Å². The summed E-state index contributed by atoms with van der Waals surface area (Å²) < 4.78 is 11.0. The van der Waals surface area contributed by atoms with Gasteiger partial charge in [0.15, 0.2) is 11.8 Å². The predicted octanol–water partition coefficient (Wildman–Crippen LogP) is 3.35. The molecule has 1 saturated carbocycles. The summed E-state index contributed by atoms with van der Waals surface area (Å²) in [5, 5.41) is 10.3. The highest BCUT2D eigenvalue weighted by molar-refractivity contribution is 14.0. The summed E-state index contributed by atoms with van der Waals surface area (Å²) in [5.41, 5.74) is 2.28. The maximum Gasteiger partial charge on any atom is 0.223 e. The van der Waals surface area contributed by atoms with Crippen LogP contribution < -0.4 is 15.4 Å². The minimum Gasteiger partial charge on any atom is -0.493 e. The molecular formula is C19H28IN5O2. The fraction of sp³-hybridized carbons (Fsp3) is 0.526. The second-order valence-corrected chi connectivity index (χ2v) is 6.64. The molecule has 3 rings (SSSR count). The zero-order chi connectivity index (χ0) is 18.4. The highest BCUT2D eigenvalue weighted by atomic mass is 127. The molecule has 0 unspecified atom stereocenters. The molecule has 1 aromatic heterocycles. The fourth-order valence-corrected chi connectivity index (χ4v) is 2.50. The molecule has 2 N–H and O–H groups in total. The lowest BCUT2D eigenvalue weighted by Crippen LogP contribution is -2.37. The van der Waals surface area contributed by atoms with Gasteiger partial charge in [0.2, 0.25) is 5.89 Å². The Morgan fingerprint density at radius 1 is 1.30 bits per heavy atom. The number of benzene rings is 1.